The molecule has 106 valence electrons. The van der Waals surface area contributed by atoms with Crippen LogP contribution in [0.4, 0.5) is 0 Å². The Kier molecular flexibility index (Phi) is 4.80. The Balaban J connectivity index is 2.02. The summed E-state index contributed by atoms with van der Waals surface area (Å²) in [5.74, 6) is 0.761. The fraction of sp³-hybridized carbons (Fsp3) is 0.600. The van der Waals surface area contributed by atoms with E-state index in [1.165, 1.54) is 0 Å². The average Bonchev–Trinajstić information content (AvgIpc) is 2.41. The SMILES string of the molecule is COc1ccccc1C(O)CN1CCN(C)CC1C. The Bertz CT molecular complexity index is 411. The number of para-hydroxylation sites is 1. The second kappa shape index (κ2) is 6.37. The first-order chi connectivity index (χ1) is 9.11. The number of ether oxygens (including phenoxy) is 1. The number of aliphatic hydroxyl groups excluding tert-OH is 1. The van der Waals surface area contributed by atoms with Crippen LogP contribution in [0, 0.1) is 0 Å². The van der Waals surface area contributed by atoms with E-state index in [4.69, 9.17) is 4.74 Å². The van der Waals surface area contributed by atoms with Gasteiger partial charge in [-0.2, -0.15) is 0 Å². The molecule has 1 aromatic rings. The molecule has 2 atom stereocenters. The number of rotatable bonds is 4. The highest BCUT2D eigenvalue weighted by Crippen LogP contribution is 2.26. The number of aliphatic hydroxyl groups is 1. The maximum absolute atomic E-state index is 10.4. The third kappa shape index (κ3) is 3.47. The van der Waals surface area contributed by atoms with Crippen molar-refractivity contribution in [3.05, 3.63) is 29.8 Å². The predicted octanol–water partition coefficient (Wildman–Crippen LogP) is 1.36. The number of hydrogen-bond donors (Lipinski definition) is 1. The lowest BCUT2D eigenvalue weighted by molar-refractivity contribution is 0.0465. The number of likely N-dealkylation sites (N-methyl/N-ethyl adjacent to an activating group) is 1. The Morgan fingerprint density at radius 1 is 1.37 bits per heavy atom. The van der Waals surface area contributed by atoms with Gasteiger partial charge in [-0.15, -0.1) is 0 Å². The Morgan fingerprint density at radius 2 is 2.11 bits per heavy atom. The van der Waals surface area contributed by atoms with Gasteiger partial charge in [0.2, 0.25) is 0 Å². The minimum atomic E-state index is -0.498. The van der Waals surface area contributed by atoms with Crippen LogP contribution in [0.15, 0.2) is 24.3 Å². The summed E-state index contributed by atoms with van der Waals surface area (Å²) in [5, 5.41) is 10.4. The molecule has 0 bridgehead atoms. The summed E-state index contributed by atoms with van der Waals surface area (Å²) in [6.45, 7) is 5.99. The second-order valence-electron chi connectivity index (χ2n) is 5.36. The predicted molar refractivity (Wildman–Crippen MR) is 76.5 cm³/mol. The molecule has 2 rings (SSSR count). The van der Waals surface area contributed by atoms with E-state index in [2.05, 4.69) is 23.8 Å². The summed E-state index contributed by atoms with van der Waals surface area (Å²) < 4.78 is 5.31. The van der Waals surface area contributed by atoms with E-state index in [0.29, 0.717) is 12.6 Å². The highest BCUT2D eigenvalue weighted by Gasteiger charge is 2.24. The molecule has 4 heteroatoms. The largest absolute Gasteiger partial charge is 0.496 e. The van der Waals surface area contributed by atoms with Crippen molar-refractivity contribution in [3.63, 3.8) is 0 Å². The van der Waals surface area contributed by atoms with Crippen LogP contribution in [0.3, 0.4) is 0 Å². The van der Waals surface area contributed by atoms with Crippen LogP contribution in [-0.4, -0.2) is 61.3 Å². The molecule has 1 aromatic carbocycles. The van der Waals surface area contributed by atoms with Crippen LogP contribution in [-0.2, 0) is 0 Å². The highest BCUT2D eigenvalue weighted by molar-refractivity contribution is 5.35. The smallest absolute Gasteiger partial charge is 0.124 e. The molecule has 19 heavy (non-hydrogen) atoms. The maximum Gasteiger partial charge on any atom is 0.124 e. The van der Waals surface area contributed by atoms with E-state index >= 15 is 0 Å². The maximum atomic E-state index is 10.4. The van der Waals surface area contributed by atoms with E-state index in [1.807, 2.05) is 24.3 Å². The molecule has 4 nitrogen and oxygen atoms in total. The molecule has 1 aliphatic heterocycles. The fourth-order valence-electron chi connectivity index (χ4n) is 2.71. The van der Waals surface area contributed by atoms with Crippen molar-refractivity contribution < 1.29 is 9.84 Å². The van der Waals surface area contributed by atoms with E-state index in [9.17, 15) is 5.11 Å². The minimum Gasteiger partial charge on any atom is -0.496 e. The first kappa shape index (κ1) is 14.3. The van der Waals surface area contributed by atoms with E-state index in [1.54, 1.807) is 7.11 Å². The molecule has 1 N–H and O–H groups in total. The summed E-state index contributed by atoms with van der Waals surface area (Å²) in [7, 11) is 3.79. The molecule has 0 amide bonds. The molecule has 0 aliphatic carbocycles. The molecular formula is C15H24N2O2. The first-order valence-electron chi connectivity index (χ1n) is 6.85. The monoisotopic (exact) mass is 264 g/mol. The van der Waals surface area contributed by atoms with Gasteiger partial charge >= 0.3 is 0 Å². The Morgan fingerprint density at radius 3 is 2.79 bits per heavy atom. The minimum absolute atomic E-state index is 0.475. The topological polar surface area (TPSA) is 35.9 Å². The quantitative estimate of drug-likeness (QED) is 0.891. The number of β-amino-alcohol motifs (C(OH)–C–C–N with tert-alkyl or cyclic N) is 1. The van der Waals surface area contributed by atoms with Gasteiger partial charge in [0.1, 0.15) is 5.75 Å². The number of benzene rings is 1. The van der Waals surface area contributed by atoms with Gasteiger partial charge in [-0.1, -0.05) is 18.2 Å². The standard InChI is InChI=1S/C15H24N2O2/c1-12-10-16(2)8-9-17(12)11-14(18)13-6-4-5-7-15(13)19-3/h4-7,12,14,18H,8-11H2,1-3H3. The van der Waals surface area contributed by atoms with Gasteiger partial charge in [0.05, 0.1) is 13.2 Å². The van der Waals surface area contributed by atoms with E-state index < -0.39 is 6.10 Å². The zero-order valence-corrected chi connectivity index (χ0v) is 12.0. The molecule has 1 heterocycles. The van der Waals surface area contributed by atoms with Crippen molar-refractivity contribution in [2.75, 3.05) is 40.3 Å². The summed E-state index contributed by atoms with van der Waals surface area (Å²) in [4.78, 5) is 4.67. The number of piperazine rings is 1. The van der Waals surface area contributed by atoms with Crippen LogP contribution < -0.4 is 4.74 Å². The van der Waals surface area contributed by atoms with Crippen molar-refractivity contribution >= 4 is 0 Å². The first-order valence-corrected chi connectivity index (χ1v) is 6.85. The summed E-state index contributed by atoms with van der Waals surface area (Å²) in [6.07, 6.45) is -0.498. The van der Waals surface area contributed by atoms with Crippen molar-refractivity contribution in [3.8, 4) is 5.75 Å². The molecule has 1 fully saturated rings. The van der Waals surface area contributed by atoms with Crippen molar-refractivity contribution in [2.24, 2.45) is 0 Å². The lowest BCUT2D eigenvalue weighted by Gasteiger charge is -2.39. The Labute approximate surface area is 115 Å². The highest BCUT2D eigenvalue weighted by atomic mass is 16.5. The summed E-state index contributed by atoms with van der Waals surface area (Å²) in [6, 6.07) is 8.17. The van der Waals surface area contributed by atoms with Crippen LogP contribution in [0.5, 0.6) is 5.75 Å². The number of methoxy groups -OCH3 is 1. The molecule has 0 radical (unpaired) electrons. The summed E-state index contributed by atoms with van der Waals surface area (Å²) in [5.41, 5.74) is 0.871. The van der Waals surface area contributed by atoms with Gasteiger partial charge in [0.15, 0.2) is 0 Å². The third-order valence-corrected chi connectivity index (χ3v) is 3.87. The van der Waals surface area contributed by atoms with Gasteiger partial charge in [-0.3, -0.25) is 4.90 Å². The van der Waals surface area contributed by atoms with Crippen molar-refractivity contribution in [1.82, 2.24) is 9.80 Å². The Hall–Kier alpha value is -1.10. The zero-order chi connectivity index (χ0) is 13.8. The van der Waals surface area contributed by atoms with Crippen LogP contribution in [0.2, 0.25) is 0 Å². The normalized spacial score (nSPS) is 23.3. The third-order valence-electron chi connectivity index (χ3n) is 3.87. The number of hydrogen-bond acceptors (Lipinski definition) is 4. The lowest BCUT2D eigenvalue weighted by atomic mass is 10.1. The van der Waals surface area contributed by atoms with Gasteiger partial charge in [0, 0.05) is 37.8 Å². The van der Waals surface area contributed by atoms with Gasteiger partial charge in [-0.05, 0) is 20.0 Å². The van der Waals surface area contributed by atoms with Crippen LogP contribution >= 0.6 is 0 Å². The zero-order valence-electron chi connectivity index (χ0n) is 12.0. The van der Waals surface area contributed by atoms with Crippen LogP contribution in [0.25, 0.3) is 0 Å². The molecule has 0 spiro atoms. The van der Waals surface area contributed by atoms with Crippen molar-refractivity contribution in [2.45, 2.75) is 19.1 Å². The number of nitrogens with zero attached hydrogens (tertiary/aromatic N) is 2. The fourth-order valence-corrected chi connectivity index (χ4v) is 2.71. The van der Waals surface area contributed by atoms with E-state index in [0.717, 1.165) is 30.9 Å². The van der Waals surface area contributed by atoms with Crippen LogP contribution in [0.1, 0.15) is 18.6 Å². The van der Waals surface area contributed by atoms with Crippen molar-refractivity contribution in [1.29, 1.82) is 0 Å². The van der Waals surface area contributed by atoms with Gasteiger partial charge in [-0.25, -0.2) is 0 Å². The van der Waals surface area contributed by atoms with E-state index in [-0.39, 0.29) is 0 Å². The lowest BCUT2D eigenvalue weighted by Crippen LogP contribution is -2.51. The average molecular weight is 264 g/mol. The molecule has 1 saturated heterocycles. The molecule has 2 unspecified atom stereocenters. The van der Waals surface area contributed by atoms with Gasteiger partial charge < -0.3 is 14.7 Å². The molecule has 0 saturated carbocycles. The second-order valence-corrected chi connectivity index (χ2v) is 5.36. The van der Waals surface area contributed by atoms with Gasteiger partial charge in [0.25, 0.3) is 0 Å². The molecule has 1 aliphatic rings. The molecule has 0 aromatic heterocycles. The molecular weight excluding hydrogens is 240 g/mol. The summed E-state index contributed by atoms with van der Waals surface area (Å²) >= 11 is 0.